The second-order valence-corrected chi connectivity index (χ2v) is 6.07. The van der Waals surface area contributed by atoms with Crippen LogP contribution in [0.15, 0.2) is 42.6 Å². The zero-order chi connectivity index (χ0) is 17.6. The second-order valence-electron chi connectivity index (χ2n) is 6.07. The van der Waals surface area contributed by atoms with Crippen molar-refractivity contribution < 1.29 is 18.4 Å². The van der Waals surface area contributed by atoms with E-state index in [0.29, 0.717) is 22.8 Å². The first-order chi connectivity index (χ1) is 11.9. The Morgan fingerprint density at radius 2 is 1.92 bits per heavy atom. The van der Waals surface area contributed by atoms with E-state index < -0.39 is 5.92 Å². The minimum Gasteiger partial charge on any atom is -0.344 e. The van der Waals surface area contributed by atoms with Crippen molar-refractivity contribution in [3.05, 3.63) is 48.2 Å². The molecule has 0 radical (unpaired) electrons. The number of anilines is 3. The van der Waals surface area contributed by atoms with Gasteiger partial charge in [0.1, 0.15) is 12.4 Å². The van der Waals surface area contributed by atoms with Gasteiger partial charge in [-0.15, -0.1) is 0 Å². The van der Waals surface area contributed by atoms with Gasteiger partial charge in [0.25, 0.3) is 11.8 Å². The fourth-order valence-corrected chi connectivity index (χ4v) is 2.94. The highest BCUT2D eigenvalue weighted by atomic mass is 19.3. The molecular formula is C17H14F2N4O2. The lowest BCUT2D eigenvalue weighted by atomic mass is 10.1. The smallest absolute Gasteiger partial charge is 0.282 e. The number of rotatable bonds is 2. The Hall–Kier alpha value is -3.03. The lowest BCUT2D eigenvalue weighted by Gasteiger charge is -2.39. The molecule has 2 aromatic rings. The average molecular weight is 344 g/mol. The number of nitrogens with one attached hydrogen (secondary N) is 1. The van der Waals surface area contributed by atoms with Gasteiger partial charge in [0, 0.05) is 6.20 Å². The zero-order valence-electron chi connectivity index (χ0n) is 13.1. The van der Waals surface area contributed by atoms with Gasteiger partial charge < -0.3 is 10.2 Å². The number of carbonyl (C=O) groups is 2. The first-order valence-corrected chi connectivity index (χ1v) is 7.72. The van der Waals surface area contributed by atoms with Crippen molar-refractivity contribution in [2.24, 2.45) is 0 Å². The highest BCUT2D eigenvalue weighted by Gasteiger charge is 2.44. The van der Waals surface area contributed by atoms with Crippen LogP contribution in [0, 0.1) is 0 Å². The SMILES string of the molecule is O=C1CN(C(=O)c2ccc(N3CC(F)(F)C3)nc2)c2ccccc2N1. The average Bonchev–Trinajstić information content (AvgIpc) is 2.58. The monoisotopic (exact) mass is 344 g/mol. The van der Waals surface area contributed by atoms with Gasteiger partial charge in [-0.2, -0.15) is 0 Å². The number of hydrogen-bond acceptors (Lipinski definition) is 4. The Morgan fingerprint density at radius 3 is 2.60 bits per heavy atom. The molecule has 1 aromatic carbocycles. The van der Waals surface area contributed by atoms with Crippen LogP contribution in [-0.2, 0) is 4.79 Å². The van der Waals surface area contributed by atoms with Crippen molar-refractivity contribution in [1.82, 2.24) is 4.98 Å². The summed E-state index contributed by atoms with van der Waals surface area (Å²) in [5.41, 5.74) is 1.47. The second kappa shape index (κ2) is 5.51. The van der Waals surface area contributed by atoms with E-state index in [9.17, 15) is 18.4 Å². The molecule has 2 aliphatic heterocycles. The van der Waals surface area contributed by atoms with Gasteiger partial charge >= 0.3 is 0 Å². The molecule has 8 heteroatoms. The Kier molecular flexibility index (Phi) is 3.41. The summed E-state index contributed by atoms with van der Waals surface area (Å²) in [6.45, 7) is -0.824. The number of aromatic nitrogens is 1. The number of halogens is 2. The number of amides is 2. The number of pyridine rings is 1. The maximum absolute atomic E-state index is 12.9. The Labute approximate surface area is 142 Å². The number of nitrogens with zero attached hydrogens (tertiary/aromatic N) is 3. The normalized spacial score (nSPS) is 18.2. The summed E-state index contributed by atoms with van der Waals surface area (Å²) in [7, 11) is 0. The maximum atomic E-state index is 12.9. The Morgan fingerprint density at radius 1 is 1.16 bits per heavy atom. The van der Waals surface area contributed by atoms with Gasteiger partial charge in [0.2, 0.25) is 5.91 Å². The van der Waals surface area contributed by atoms with Crippen LogP contribution in [0.5, 0.6) is 0 Å². The zero-order valence-corrected chi connectivity index (χ0v) is 13.1. The standard InChI is InChI=1S/C17H14F2N4O2/c18-17(19)9-22(10-17)14-6-5-11(7-20-14)16(25)23-8-15(24)21-12-3-1-2-4-13(12)23/h1-7H,8-10H2,(H,21,24). The Balaban J connectivity index is 1.56. The number of para-hydroxylation sites is 2. The molecule has 6 nitrogen and oxygen atoms in total. The van der Waals surface area contributed by atoms with Gasteiger partial charge in [-0.05, 0) is 24.3 Å². The first-order valence-electron chi connectivity index (χ1n) is 7.72. The predicted octanol–water partition coefficient (Wildman–Crippen LogP) is 2.14. The molecule has 25 heavy (non-hydrogen) atoms. The lowest BCUT2D eigenvalue weighted by molar-refractivity contribution is -0.115. The predicted molar refractivity (Wildman–Crippen MR) is 88.1 cm³/mol. The van der Waals surface area contributed by atoms with Gasteiger partial charge in [0.05, 0.1) is 30.0 Å². The van der Waals surface area contributed by atoms with E-state index in [-0.39, 0.29) is 31.4 Å². The van der Waals surface area contributed by atoms with Crippen LogP contribution in [0.4, 0.5) is 26.0 Å². The first kappa shape index (κ1) is 15.5. The number of alkyl halides is 2. The minimum absolute atomic E-state index is 0.0874. The van der Waals surface area contributed by atoms with Crippen LogP contribution < -0.4 is 15.1 Å². The molecule has 1 N–H and O–H groups in total. The Bertz CT molecular complexity index is 846. The van der Waals surface area contributed by atoms with E-state index in [2.05, 4.69) is 10.3 Å². The van der Waals surface area contributed by atoms with Gasteiger partial charge in [0.15, 0.2) is 0 Å². The van der Waals surface area contributed by atoms with Crippen LogP contribution in [-0.4, -0.2) is 42.4 Å². The molecule has 128 valence electrons. The molecule has 0 aliphatic carbocycles. The van der Waals surface area contributed by atoms with Crippen molar-refractivity contribution in [2.75, 3.05) is 34.8 Å². The number of fused-ring (bicyclic) bond motifs is 1. The summed E-state index contributed by atoms with van der Waals surface area (Å²) in [6.07, 6.45) is 1.35. The number of hydrogen-bond donors (Lipinski definition) is 1. The van der Waals surface area contributed by atoms with Crippen LogP contribution in [0.2, 0.25) is 0 Å². The minimum atomic E-state index is -2.68. The summed E-state index contributed by atoms with van der Waals surface area (Å²) in [5, 5.41) is 2.72. The van der Waals surface area contributed by atoms with E-state index in [0.717, 1.165) is 0 Å². The van der Waals surface area contributed by atoms with E-state index in [4.69, 9.17) is 0 Å². The third kappa shape index (κ3) is 2.79. The summed E-state index contributed by atoms with van der Waals surface area (Å²) in [5.74, 6) is -2.92. The molecule has 1 fully saturated rings. The van der Waals surface area contributed by atoms with Crippen molar-refractivity contribution in [1.29, 1.82) is 0 Å². The molecule has 0 unspecified atom stereocenters. The fraction of sp³-hybridized carbons (Fsp3) is 0.235. The molecule has 0 spiro atoms. The van der Waals surface area contributed by atoms with Crippen molar-refractivity contribution in [3.8, 4) is 0 Å². The summed E-state index contributed by atoms with van der Waals surface area (Å²) in [4.78, 5) is 31.5. The third-order valence-corrected chi connectivity index (χ3v) is 4.18. The van der Waals surface area contributed by atoms with E-state index in [1.807, 2.05) is 0 Å². The molecule has 0 bridgehead atoms. The number of benzene rings is 1. The van der Waals surface area contributed by atoms with Crippen molar-refractivity contribution in [2.45, 2.75) is 5.92 Å². The van der Waals surface area contributed by atoms with Gasteiger partial charge in [-0.25, -0.2) is 13.8 Å². The molecule has 2 amide bonds. The maximum Gasteiger partial charge on any atom is 0.282 e. The molecule has 3 heterocycles. The van der Waals surface area contributed by atoms with E-state index in [1.165, 1.54) is 22.1 Å². The molecule has 1 aromatic heterocycles. The molecular weight excluding hydrogens is 330 g/mol. The quantitative estimate of drug-likeness (QED) is 0.906. The molecule has 0 atom stereocenters. The summed E-state index contributed by atoms with van der Waals surface area (Å²) < 4.78 is 25.9. The van der Waals surface area contributed by atoms with Crippen molar-refractivity contribution >= 4 is 29.0 Å². The van der Waals surface area contributed by atoms with Crippen LogP contribution in [0.1, 0.15) is 10.4 Å². The molecule has 0 saturated carbocycles. The summed E-state index contributed by atoms with van der Waals surface area (Å²) >= 11 is 0. The lowest BCUT2D eigenvalue weighted by Crippen LogP contribution is -2.56. The third-order valence-electron chi connectivity index (χ3n) is 4.18. The summed E-state index contributed by atoms with van der Waals surface area (Å²) in [6, 6.07) is 10.1. The molecule has 4 rings (SSSR count). The van der Waals surface area contributed by atoms with Crippen molar-refractivity contribution in [3.63, 3.8) is 0 Å². The number of carbonyl (C=O) groups excluding carboxylic acids is 2. The topological polar surface area (TPSA) is 65.5 Å². The molecule has 2 aliphatic rings. The highest BCUT2D eigenvalue weighted by molar-refractivity contribution is 6.15. The largest absolute Gasteiger partial charge is 0.344 e. The van der Waals surface area contributed by atoms with Crippen LogP contribution >= 0.6 is 0 Å². The fourth-order valence-electron chi connectivity index (χ4n) is 2.94. The highest BCUT2D eigenvalue weighted by Crippen LogP contribution is 2.32. The van der Waals surface area contributed by atoms with Gasteiger partial charge in [-0.1, -0.05) is 12.1 Å². The van der Waals surface area contributed by atoms with Crippen LogP contribution in [0.3, 0.4) is 0 Å². The van der Waals surface area contributed by atoms with E-state index >= 15 is 0 Å². The van der Waals surface area contributed by atoms with Gasteiger partial charge in [-0.3, -0.25) is 14.5 Å². The van der Waals surface area contributed by atoms with Crippen LogP contribution in [0.25, 0.3) is 0 Å². The van der Waals surface area contributed by atoms with E-state index in [1.54, 1.807) is 30.3 Å². The molecule has 1 saturated heterocycles.